The summed E-state index contributed by atoms with van der Waals surface area (Å²) in [5.74, 6) is -1.17. The van der Waals surface area contributed by atoms with E-state index in [4.69, 9.17) is 0 Å². The van der Waals surface area contributed by atoms with Crippen molar-refractivity contribution in [2.45, 2.75) is 51.4 Å². The van der Waals surface area contributed by atoms with E-state index in [0.29, 0.717) is 0 Å². The molecular weight excluding hydrogens is 402 g/mol. The molecule has 0 saturated heterocycles. The fourth-order valence-corrected chi connectivity index (χ4v) is 4.77. The lowest BCUT2D eigenvalue weighted by Crippen LogP contribution is -2.44. The number of nitrogens with zero attached hydrogens (tertiary/aromatic N) is 2. The second-order valence-electron chi connectivity index (χ2n) is 10.1. The van der Waals surface area contributed by atoms with Crippen LogP contribution < -0.4 is 10.5 Å². The third-order valence-corrected chi connectivity index (χ3v) is 6.93. The molecule has 3 heterocycles. The average molecular weight is 434 g/mol. The zero-order valence-electron chi connectivity index (χ0n) is 19.5. The van der Waals surface area contributed by atoms with Gasteiger partial charge in [-0.3, -0.25) is 14.6 Å². The molecule has 2 N–H and O–H groups in total. The van der Waals surface area contributed by atoms with E-state index >= 15 is 0 Å². The van der Waals surface area contributed by atoms with Gasteiger partial charge in [0.15, 0.2) is 5.69 Å². The van der Waals surface area contributed by atoms with Gasteiger partial charge in [-0.25, -0.2) is 4.79 Å². The zero-order chi connectivity index (χ0) is 23.3. The van der Waals surface area contributed by atoms with Crippen molar-refractivity contribution in [2.24, 2.45) is 7.05 Å². The molecule has 32 heavy (non-hydrogen) atoms. The number of aromatic nitrogens is 2. The van der Waals surface area contributed by atoms with E-state index in [1.807, 2.05) is 12.2 Å². The molecule has 6 heteroatoms. The lowest BCUT2D eigenvalue weighted by Gasteiger charge is -2.48. The van der Waals surface area contributed by atoms with Crippen molar-refractivity contribution in [3.05, 3.63) is 68.3 Å². The fourth-order valence-electron chi connectivity index (χ4n) is 4.77. The van der Waals surface area contributed by atoms with Crippen LogP contribution >= 0.6 is 0 Å². The molecule has 0 atom stereocenters. The van der Waals surface area contributed by atoms with E-state index in [1.165, 1.54) is 29.9 Å². The largest absolute Gasteiger partial charge is 0.477 e. The van der Waals surface area contributed by atoms with E-state index in [0.717, 1.165) is 36.2 Å². The van der Waals surface area contributed by atoms with Crippen molar-refractivity contribution >= 4 is 23.8 Å². The maximum atomic E-state index is 12.1. The Morgan fingerprint density at radius 3 is 2.28 bits per heavy atom. The molecule has 0 fully saturated rings. The topological polar surface area (TPSA) is 78.3 Å². The number of carboxylic acids is 1. The van der Waals surface area contributed by atoms with Gasteiger partial charge in [0.25, 0.3) is 5.56 Å². The summed E-state index contributed by atoms with van der Waals surface area (Å²) in [6.07, 6.45) is 9.33. The molecule has 6 nitrogen and oxygen atoms in total. The standard InChI is InChI=1S/C26H31N3O3/c1-25(2)11-13-29-14-12-26(3,4)20-16-17(15-19(25)22(20)29)9-7-6-8-10-18-21(24(31)32)27-28(5)23(18)30/h6-7,9-10,15-16,27H,11-14H2,1-5H3,(H,31,32)/b9-7+. The third kappa shape index (κ3) is 3.76. The van der Waals surface area contributed by atoms with Crippen molar-refractivity contribution in [3.8, 4) is 0 Å². The van der Waals surface area contributed by atoms with Crippen molar-refractivity contribution in [3.63, 3.8) is 0 Å². The first kappa shape index (κ1) is 22.0. The number of carboxylic acid groups (broad SMARTS) is 1. The molecule has 0 unspecified atom stereocenters. The van der Waals surface area contributed by atoms with Crippen molar-refractivity contribution in [2.75, 3.05) is 18.0 Å². The molecule has 2 aromatic rings. The molecule has 0 spiro atoms. The van der Waals surface area contributed by atoms with Gasteiger partial charge in [-0.15, -0.1) is 5.73 Å². The molecule has 168 valence electrons. The monoisotopic (exact) mass is 433 g/mol. The predicted octanol–water partition coefficient (Wildman–Crippen LogP) is 4.46. The second kappa shape index (κ2) is 7.72. The summed E-state index contributed by atoms with van der Waals surface area (Å²) in [4.78, 5) is 26.0. The highest BCUT2D eigenvalue weighted by atomic mass is 16.4. The van der Waals surface area contributed by atoms with Crippen molar-refractivity contribution < 1.29 is 9.90 Å². The number of rotatable bonds is 4. The van der Waals surface area contributed by atoms with Gasteiger partial charge in [-0.05, 0) is 64.6 Å². The molecule has 2 aliphatic rings. The van der Waals surface area contributed by atoms with Gasteiger partial charge in [0.2, 0.25) is 0 Å². The van der Waals surface area contributed by atoms with Crippen LogP contribution in [0.25, 0.3) is 12.2 Å². The number of nitrogens with one attached hydrogen (secondary N) is 1. The first-order valence-corrected chi connectivity index (χ1v) is 11.1. The Morgan fingerprint density at radius 2 is 1.72 bits per heavy atom. The molecule has 0 aliphatic carbocycles. The Hall–Kier alpha value is -3.24. The molecule has 2 aliphatic heterocycles. The van der Waals surface area contributed by atoms with E-state index in [-0.39, 0.29) is 22.1 Å². The van der Waals surface area contributed by atoms with Gasteiger partial charge in [-0.1, -0.05) is 39.8 Å². The number of anilines is 1. The fraction of sp³-hybridized carbons (Fsp3) is 0.423. The Kier molecular flexibility index (Phi) is 5.30. The van der Waals surface area contributed by atoms with E-state index < -0.39 is 11.5 Å². The third-order valence-electron chi connectivity index (χ3n) is 6.93. The minimum Gasteiger partial charge on any atom is -0.477 e. The van der Waals surface area contributed by atoms with Gasteiger partial charge in [0.05, 0.1) is 5.56 Å². The zero-order valence-corrected chi connectivity index (χ0v) is 19.5. The molecule has 4 rings (SSSR count). The lowest BCUT2D eigenvalue weighted by molar-refractivity contribution is 0.0689. The van der Waals surface area contributed by atoms with Crippen LogP contribution in [0.4, 0.5) is 5.69 Å². The number of aromatic carboxylic acids is 1. The number of allylic oxidation sites excluding steroid dienone is 2. The Labute approximate surface area is 188 Å². The van der Waals surface area contributed by atoms with Crippen LogP contribution in [0.15, 0.2) is 34.8 Å². The summed E-state index contributed by atoms with van der Waals surface area (Å²) in [6, 6.07) is 4.59. The normalized spacial score (nSPS) is 18.2. The maximum Gasteiger partial charge on any atom is 0.354 e. The number of hydrogen-bond donors (Lipinski definition) is 2. The van der Waals surface area contributed by atoms with Crippen LogP contribution in [0.2, 0.25) is 0 Å². The molecule has 0 saturated carbocycles. The van der Waals surface area contributed by atoms with Crippen LogP contribution in [-0.4, -0.2) is 33.9 Å². The number of carbonyl (C=O) groups is 1. The Balaban J connectivity index is 1.69. The van der Waals surface area contributed by atoms with E-state index in [1.54, 1.807) is 6.08 Å². The SMILES string of the molecule is Cn1[nH]c(C(=O)O)c(C=C=C/C=C/c2cc3c4c(c2)C(C)(C)CCN4CCC3(C)C)c1=O. The first-order chi connectivity index (χ1) is 15.0. The smallest absolute Gasteiger partial charge is 0.354 e. The summed E-state index contributed by atoms with van der Waals surface area (Å²) in [5, 5.41) is 11.8. The maximum absolute atomic E-state index is 12.1. The average Bonchev–Trinajstić information content (AvgIpc) is 3.01. The highest BCUT2D eigenvalue weighted by Gasteiger charge is 2.39. The van der Waals surface area contributed by atoms with Crippen LogP contribution in [0.5, 0.6) is 0 Å². The van der Waals surface area contributed by atoms with E-state index in [2.05, 4.69) is 55.6 Å². The number of aryl methyl sites for hydroxylation is 1. The number of H-pyrrole nitrogens is 1. The summed E-state index contributed by atoms with van der Waals surface area (Å²) in [7, 11) is 1.49. The lowest BCUT2D eigenvalue weighted by atomic mass is 9.69. The minimum atomic E-state index is -1.17. The van der Waals surface area contributed by atoms with Crippen LogP contribution in [0.1, 0.15) is 73.3 Å². The Bertz CT molecular complexity index is 1190. The molecular formula is C26H31N3O3. The van der Waals surface area contributed by atoms with Crippen LogP contribution in [-0.2, 0) is 17.9 Å². The molecule has 0 bridgehead atoms. The number of aromatic amines is 1. The molecule has 1 aromatic heterocycles. The van der Waals surface area contributed by atoms with Gasteiger partial charge in [-0.2, -0.15) is 0 Å². The van der Waals surface area contributed by atoms with Gasteiger partial charge >= 0.3 is 5.97 Å². The summed E-state index contributed by atoms with van der Waals surface area (Å²) >= 11 is 0. The highest BCUT2D eigenvalue weighted by molar-refractivity contribution is 5.89. The van der Waals surface area contributed by atoms with Gasteiger partial charge in [0.1, 0.15) is 0 Å². The predicted molar refractivity (Wildman–Crippen MR) is 129 cm³/mol. The second-order valence-corrected chi connectivity index (χ2v) is 10.1. The van der Waals surface area contributed by atoms with Gasteiger partial charge < -0.3 is 10.0 Å². The summed E-state index contributed by atoms with van der Waals surface area (Å²) in [6.45, 7) is 11.5. The summed E-state index contributed by atoms with van der Waals surface area (Å²) < 4.78 is 1.15. The van der Waals surface area contributed by atoms with Crippen molar-refractivity contribution in [1.29, 1.82) is 0 Å². The minimum absolute atomic E-state index is 0.0893. The molecule has 0 radical (unpaired) electrons. The molecule has 1 aromatic carbocycles. The van der Waals surface area contributed by atoms with Crippen LogP contribution in [0, 0.1) is 0 Å². The number of hydrogen-bond acceptors (Lipinski definition) is 3. The summed E-state index contributed by atoms with van der Waals surface area (Å²) in [5.41, 5.74) is 8.15. The van der Waals surface area contributed by atoms with Crippen LogP contribution in [0.3, 0.4) is 0 Å². The van der Waals surface area contributed by atoms with E-state index in [9.17, 15) is 14.7 Å². The molecule has 0 amide bonds. The number of benzene rings is 1. The van der Waals surface area contributed by atoms with Crippen molar-refractivity contribution in [1.82, 2.24) is 9.78 Å². The Morgan fingerprint density at radius 1 is 1.12 bits per heavy atom. The highest BCUT2D eigenvalue weighted by Crippen LogP contribution is 2.49. The van der Waals surface area contributed by atoms with Gasteiger partial charge in [0, 0.05) is 25.8 Å². The quantitative estimate of drug-likeness (QED) is 0.551. The first-order valence-electron chi connectivity index (χ1n) is 11.1.